The molecular weight excluding hydrogens is 200 g/mol. The molecule has 0 radical (unpaired) electrons. The molecule has 0 aliphatic rings. The number of alkyl halides is 2. The molecule has 0 unspecified atom stereocenters. The quantitative estimate of drug-likeness (QED) is 0.842. The Bertz CT molecular complexity index is 459. The summed E-state index contributed by atoms with van der Waals surface area (Å²) in [5.74, 6) is 0.369. The van der Waals surface area contributed by atoms with Crippen LogP contribution in [0.2, 0.25) is 0 Å². The van der Waals surface area contributed by atoms with E-state index in [4.69, 9.17) is 0 Å². The first-order valence-electron chi connectivity index (χ1n) is 4.49. The van der Waals surface area contributed by atoms with Crippen molar-refractivity contribution in [2.24, 2.45) is 0 Å². The van der Waals surface area contributed by atoms with Crippen molar-refractivity contribution in [2.75, 3.05) is 11.9 Å². The minimum absolute atomic E-state index is 0.369. The highest BCUT2D eigenvalue weighted by atomic mass is 19.3. The average Bonchev–Trinajstić information content (AvgIpc) is 2.26. The molecule has 0 aliphatic carbocycles. The van der Waals surface area contributed by atoms with Gasteiger partial charge in [-0.25, -0.2) is 13.8 Å². The van der Waals surface area contributed by atoms with Gasteiger partial charge in [0.2, 0.25) is 0 Å². The molecule has 1 N–H and O–H groups in total. The van der Waals surface area contributed by atoms with Crippen LogP contribution in [0.25, 0.3) is 11.0 Å². The summed E-state index contributed by atoms with van der Waals surface area (Å²) in [6, 6.07) is 7.28. The van der Waals surface area contributed by atoms with Gasteiger partial charge in [0.15, 0.2) is 0 Å². The summed E-state index contributed by atoms with van der Waals surface area (Å²) < 4.78 is 23.8. The van der Waals surface area contributed by atoms with Gasteiger partial charge in [0.25, 0.3) is 6.43 Å². The Morgan fingerprint density at radius 2 is 1.93 bits per heavy atom. The molecule has 78 valence electrons. The van der Waals surface area contributed by atoms with Gasteiger partial charge in [-0.3, -0.25) is 4.98 Å². The van der Waals surface area contributed by atoms with E-state index in [1.165, 1.54) is 6.20 Å². The molecule has 0 atom stereocenters. The molecule has 0 saturated heterocycles. The Hall–Kier alpha value is -1.78. The zero-order valence-electron chi connectivity index (χ0n) is 7.82. The molecule has 15 heavy (non-hydrogen) atoms. The van der Waals surface area contributed by atoms with Crippen LogP contribution in [0.15, 0.2) is 30.5 Å². The Labute approximate surface area is 85.2 Å². The first-order chi connectivity index (χ1) is 7.25. The lowest BCUT2D eigenvalue weighted by atomic mass is 10.3. The SMILES string of the molecule is FC(F)CNc1cnc2ccccc2n1. The third kappa shape index (κ3) is 2.37. The second kappa shape index (κ2) is 4.16. The molecule has 1 aromatic carbocycles. The summed E-state index contributed by atoms with van der Waals surface area (Å²) in [7, 11) is 0. The molecule has 0 spiro atoms. The van der Waals surface area contributed by atoms with Gasteiger partial charge in [0, 0.05) is 0 Å². The van der Waals surface area contributed by atoms with Crippen LogP contribution in [-0.2, 0) is 0 Å². The summed E-state index contributed by atoms with van der Waals surface area (Å²) in [5, 5.41) is 2.51. The van der Waals surface area contributed by atoms with Gasteiger partial charge in [-0.15, -0.1) is 0 Å². The van der Waals surface area contributed by atoms with Gasteiger partial charge in [0.05, 0.1) is 23.8 Å². The van der Waals surface area contributed by atoms with Crippen LogP contribution in [0, 0.1) is 0 Å². The topological polar surface area (TPSA) is 37.8 Å². The number of nitrogens with one attached hydrogen (secondary N) is 1. The number of rotatable bonds is 3. The Morgan fingerprint density at radius 3 is 2.67 bits per heavy atom. The normalized spacial score (nSPS) is 10.9. The lowest BCUT2D eigenvalue weighted by Crippen LogP contribution is -2.11. The Kier molecular flexibility index (Phi) is 2.71. The van der Waals surface area contributed by atoms with Crippen LogP contribution in [0.3, 0.4) is 0 Å². The molecule has 3 nitrogen and oxygen atoms in total. The van der Waals surface area contributed by atoms with E-state index in [9.17, 15) is 8.78 Å². The van der Waals surface area contributed by atoms with E-state index >= 15 is 0 Å². The van der Waals surface area contributed by atoms with Gasteiger partial charge >= 0.3 is 0 Å². The Morgan fingerprint density at radius 1 is 1.20 bits per heavy atom. The number of para-hydroxylation sites is 2. The molecule has 0 bridgehead atoms. The fourth-order valence-corrected chi connectivity index (χ4v) is 1.22. The number of nitrogens with zero attached hydrogens (tertiary/aromatic N) is 2. The van der Waals surface area contributed by atoms with Crippen molar-refractivity contribution >= 4 is 16.9 Å². The zero-order valence-corrected chi connectivity index (χ0v) is 7.82. The predicted molar refractivity (Wildman–Crippen MR) is 54.0 cm³/mol. The van der Waals surface area contributed by atoms with Crippen LogP contribution in [-0.4, -0.2) is 22.9 Å². The molecule has 2 rings (SSSR count). The molecular formula is C10H9F2N3. The van der Waals surface area contributed by atoms with E-state index in [0.29, 0.717) is 11.3 Å². The third-order valence-electron chi connectivity index (χ3n) is 1.89. The van der Waals surface area contributed by atoms with E-state index in [0.717, 1.165) is 5.52 Å². The standard InChI is InChI=1S/C10H9F2N3/c11-9(12)5-14-10-6-13-7-3-1-2-4-8(7)15-10/h1-4,6,9H,5H2,(H,14,15). The second-order valence-corrected chi connectivity index (χ2v) is 3.02. The van der Waals surface area contributed by atoms with Gasteiger partial charge in [-0.05, 0) is 12.1 Å². The molecule has 0 amide bonds. The number of hydrogen-bond donors (Lipinski definition) is 1. The number of benzene rings is 1. The van der Waals surface area contributed by atoms with Crippen molar-refractivity contribution in [3.8, 4) is 0 Å². The number of aromatic nitrogens is 2. The van der Waals surface area contributed by atoms with Crippen molar-refractivity contribution in [3.63, 3.8) is 0 Å². The lowest BCUT2D eigenvalue weighted by Gasteiger charge is -2.04. The van der Waals surface area contributed by atoms with Crippen LogP contribution >= 0.6 is 0 Å². The molecule has 2 aromatic rings. The summed E-state index contributed by atoms with van der Waals surface area (Å²) in [6.07, 6.45) is -0.941. The van der Waals surface area contributed by atoms with Crippen LogP contribution in [0.1, 0.15) is 0 Å². The van der Waals surface area contributed by atoms with Gasteiger partial charge < -0.3 is 5.32 Å². The lowest BCUT2D eigenvalue weighted by molar-refractivity contribution is 0.163. The fourth-order valence-electron chi connectivity index (χ4n) is 1.22. The van der Waals surface area contributed by atoms with E-state index in [-0.39, 0.29) is 0 Å². The Balaban J connectivity index is 2.23. The highest BCUT2D eigenvalue weighted by Gasteiger charge is 2.03. The van der Waals surface area contributed by atoms with Crippen molar-refractivity contribution in [3.05, 3.63) is 30.5 Å². The molecule has 1 heterocycles. The summed E-state index contributed by atoms with van der Waals surface area (Å²) in [5.41, 5.74) is 1.44. The van der Waals surface area contributed by atoms with E-state index in [2.05, 4.69) is 15.3 Å². The summed E-state index contributed by atoms with van der Waals surface area (Å²) in [6.45, 7) is -0.410. The largest absolute Gasteiger partial charge is 0.363 e. The van der Waals surface area contributed by atoms with Crippen LogP contribution < -0.4 is 5.32 Å². The predicted octanol–water partition coefficient (Wildman–Crippen LogP) is 2.31. The number of anilines is 1. The first kappa shape index (κ1) is 9.76. The van der Waals surface area contributed by atoms with Gasteiger partial charge in [-0.1, -0.05) is 12.1 Å². The van der Waals surface area contributed by atoms with Gasteiger partial charge in [0.1, 0.15) is 5.82 Å². The summed E-state index contributed by atoms with van der Waals surface area (Å²) >= 11 is 0. The van der Waals surface area contributed by atoms with Crippen molar-refractivity contribution < 1.29 is 8.78 Å². The second-order valence-electron chi connectivity index (χ2n) is 3.02. The average molecular weight is 209 g/mol. The highest BCUT2D eigenvalue weighted by Crippen LogP contribution is 2.11. The molecule has 0 saturated carbocycles. The maximum Gasteiger partial charge on any atom is 0.255 e. The monoisotopic (exact) mass is 209 g/mol. The maximum atomic E-state index is 11.9. The highest BCUT2D eigenvalue weighted by molar-refractivity contribution is 5.75. The van der Waals surface area contributed by atoms with E-state index in [1.807, 2.05) is 18.2 Å². The van der Waals surface area contributed by atoms with Crippen LogP contribution in [0.5, 0.6) is 0 Å². The number of halogens is 2. The summed E-state index contributed by atoms with van der Waals surface area (Å²) in [4.78, 5) is 8.23. The fraction of sp³-hybridized carbons (Fsp3) is 0.200. The van der Waals surface area contributed by atoms with Crippen molar-refractivity contribution in [1.82, 2.24) is 9.97 Å². The van der Waals surface area contributed by atoms with Crippen molar-refractivity contribution in [1.29, 1.82) is 0 Å². The molecule has 1 aromatic heterocycles. The smallest absolute Gasteiger partial charge is 0.255 e. The number of hydrogen-bond acceptors (Lipinski definition) is 3. The van der Waals surface area contributed by atoms with Crippen molar-refractivity contribution in [2.45, 2.75) is 6.43 Å². The maximum absolute atomic E-state index is 11.9. The minimum atomic E-state index is -2.39. The zero-order chi connectivity index (χ0) is 10.7. The minimum Gasteiger partial charge on any atom is -0.363 e. The van der Waals surface area contributed by atoms with E-state index in [1.54, 1.807) is 6.07 Å². The third-order valence-corrected chi connectivity index (χ3v) is 1.89. The first-order valence-corrected chi connectivity index (χ1v) is 4.49. The van der Waals surface area contributed by atoms with Crippen LogP contribution in [0.4, 0.5) is 14.6 Å². The van der Waals surface area contributed by atoms with Gasteiger partial charge in [-0.2, -0.15) is 0 Å². The van der Waals surface area contributed by atoms with E-state index < -0.39 is 13.0 Å². The molecule has 5 heteroatoms. The molecule has 0 aliphatic heterocycles. The molecule has 0 fully saturated rings. The number of fused-ring (bicyclic) bond motifs is 1.